The number of hydrogen-bond acceptors (Lipinski definition) is 2. The maximum atomic E-state index is 12.0. The van der Waals surface area contributed by atoms with Crippen molar-refractivity contribution in [3.05, 3.63) is 63.1 Å². The third-order valence-electron chi connectivity index (χ3n) is 2.73. The smallest absolute Gasteiger partial charge is 0.257 e. The molecular formula is C15H12BrClN2OS. The average Bonchev–Trinajstić information content (AvgIpc) is 2.43. The first kappa shape index (κ1) is 15.9. The third-order valence-corrected chi connectivity index (χ3v) is 4.06. The van der Waals surface area contributed by atoms with Gasteiger partial charge in [0.1, 0.15) is 0 Å². The van der Waals surface area contributed by atoms with Crippen molar-refractivity contribution in [3.63, 3.8) is 0 Å². The number of amides is 1. The van der Waals surface area contributed by atoms with Crippen molar-refractivity contribution in [2.24, 2.45) is 0 Å². The molecule has 6 heteroatoms. The van der Waals surface area contributed by atoms with E-state index < -0.39 is 0 Å². The highest BCUT2D eigenvalue weighted by molar-refractivity contribution is 9.10. The Bertz CT molecular complexity index is 706. The highest BCUT2D eigenvalue weighted by atomic mass is 79.9. The molecule has 0 atom stereocenters. The Hall–Kier alpha value is -1.43. The van der Waals surface area contributed by atoms with E-state index in [9.17, 15) is 4.79 Å². The molecule has 0 saturated carbocycles. The van der Waals surface area contributed by atoms with Gasteiger partial charge in [0.05, 0.1) is 0 Å². The number of hydrogen-bond donors (Lipinski definition) is 2. The first-order chi connectivity index (χ1) is 9.95. The lowest BCUT2D eigenvalue weighted by molar-refractivity contribution is 0.0977. The first-order valence-electron chi connectivity index (χ1n) is 6.10. The highest BCUT2D eigenvalue weighted by Gasteiger charge is 2.08. The van der Waals surface area contributed by atoms with Crippen molar-refractivity contribution in [3.8, 4) is 0 Å². The van der Waals surface area contributed by atoms with Crippen LogP contribution in [0.5, 0.6) is 0 Å². The van der Waals surface area contributed by atoms with E-state index in [4.69, 9.17) is 23.8 Å². The van der Waals surface area contributed by atoms with Crippen LogP contribution in [0.2, 0.25) is 5.02 Å². The Morgan fingerprint density at radius 3 is 2.67 bits per heavy atom. The molecule has 1 amide bonds. The van der Waals surface area contributed by atoms with Crippen LogP contribution in [0.1, 0.15) is 15.9 Å². The number of carbonyl (C=O) groups excluding carboxylic acids is 1. The van der Waals surface area contributed by atoms with Crippen molar-refractivity contribution in [2.75, 3.05) is 5.32 Å². The molecule has 2 aromatic rings. The Labute approximate surface area is 141 Å². The molecule has 0 aliphatic carbocycles. The minimum atomic E-state index is -0.302. The maximum Gasteiger partial charge on any atom is 0.257 e. The van der Waals surface area contributed by atoms with Crippen LogP contribution in [0.25, 0.3) is 0 Å². The summed E-state index contributed by atoms with van der Waals surface area (Å²) < 4.78 is 1.02. The number of carbonyl (C=O) groups is 1. The summed E-state index contributed by atoms with van der Waals surface area (Å²) in [5.41, 5.74) is 2.34. The quantitative estimate of drug-likeness (QED) is 0.748. The molecular weight excluding hydrogens is 372 g/mol. The molecule has 2 aromatic carbocycles. The van der Waals surface area contributed by atoms with Crippen molar-refractivity contribution in [2.45, 2.75) is 6.92 Å². The minimum Gasteiger partial charge on any atom is -0.332 e. The summed E-state index contributed by atoms with van der Waals surface area (Å²) in [6.07, 6.45) is 0. The molecule has 0 heterocycles. The molecule has 2 N–H and O–H groups in total. The normalized spacial score (nSPS) is 10.0. The van der Waals surface area contributed by atoms with Crippen molar-refractivity contribution >= 4 is 56.5 Å². The van der Waals surface area contributed by atoms with Gasteiger partial charge in [0, 0.05) is 20.7 Å². The summed E-state index contributed by atoms with van der Waals surface area (Å²) in [5.74, 6) is -0.302. The number of halogens is 2. The molecule has 0 aliphatic rings. The van der Waals surface area contributed by atoms with Gasteiger partial charge in [-0.25, -0.2) is 0 Å². The Balaban J connectivity index is 2.01. The summed E-state index contributed by atoms with van der Waals surface area (Å²) in [5, 5.41) is 6.33. The van der Waals surface area contributed by atoms with Crippen LogP contribution < -0.4 is 10.6 Å². The van der Waals surface area contributed by atoms with Gasteiger partial charge in [-0.05, 0) is 61.1 Å². The van der Waals surface area contributed by atoms with Gasteiger partial charge in [0.25, 0.3) is 5.91 Å². The van der Waals surface area contributed by atoms with Gasteiger partial charge in [-0.1, -0.05) is 33.6 Å². The number of aryl methyl sites for hydroxylation is 1. The lowest BCUT2D eigenvalue weighted by Gasteiger charge is -2.10. The van der Waals surface area contributed by atoms with Crippen molar-refractivity contribution in [1.29, 1.82) is 0 Å². The number of thiocarbonyl (C=S) groups is 1. The molecule has 0 saturated heterocycles. The molecule has 3 nitrogen and oxygen atoms in total. The summed E-state index contributed by atoms with van der Waals surface area (Å²) in [4.78, 5) is 12.0. The van der Waals surface area contributed by atoms with Crippen LogP contribution in [-0.4, -0.2) is 11.0 Å². The zero-order valence-electron chi connectivity index (χ0n) is 11.1. The number of benzene rings is 2. The lowest BCUT2D eigenvalue weighted by atomic mass is 10.2. The molecule has 0 spiro atoms. The van der Waals surface area contributed by atoms with Gasteiger partial charge < -0.3 is 5.32 Å². The molecule has 0 bridgehead atoms. The molecule has 2 rings (SSSR count). The van der Waals surface area contributed by atoms with Crippen LogP contribution >= 0.6 is 39.7 Å². The second-order valence-corrected chi connectivity index (χ2v) is 6.08. The lowest BCUT2D eigenvalue weighted by Crippen LogP contribution is -2.34. The van der Waals surface area contributed by atoms with E-state index in [1.165, 1.54) is 0 Å². The van der Waals surface area contributed by atoms with E-state index >= 15 is 0 Å². The molecule has 0 fully saturated rings. The fourth-order valence-electron chi connectivity index (χ4n) is 1.69. The fourth-order valence-corrected chi connectivity index (χ4v) is 2.34. The third kappa shape index (κ3) is 4.52. The Morgan fingerprint density at radius 2 is 2.00 bits per heavy atom. The van der Waals surface area contributed by atoms with Crippen LogP contribution in [0.4, 0.5) is 5.69 Å². The van der Waals surface area contributed by atoms with Gasteiger partial charge in [-0.2, -0.15) is 0 Å². The SMILES string of the molecule is Cc1cc(NC(=S)NC(=O)c2cccc(Cl)c2)ccc1Br. The van der Waals surface area contributed by atoms with Crippen molar-refractivity contribution in [1.82, 2.24) is 5.32 Å². The van der Waals surface area contributed by atoms with E-state index in [0.717, 1.165) is 15.7 Å². The minimum absolute atomic E-state index is 0.238. The Kier molecular flexibility index (Phi) is 5.33. The van der Waals surface area contributed by atoms with Gasteiger partial charge in [0.2, 0.25) is 0 Å². The molecule has 0 unspecified atom stereocenters. The van der Waals surface area contributed by atoms with Gasteiger partial charge in [-0.15, -0.1) is 0 Å². The second kappa shape index (κ2) is 7.02. The summed E-state index contributed by atoms with van der Waals surface area (Å²) in [6.45, 7) is 1.98. The predicted octanol–water partition coefficient (Wildman–Crippen LogP) is 4.54. The molecule has 0 aromatic heterocycles. The number of nitrogens with one attached hydrogen (secondary N) is 2. The molecule has 0 radical (unpaired) electrons. The van der Waals surface area contributed by atoms with E-state index in [1.54, 1.807) is 24.3 Å². The van der Waals surface area contributed by atoms with Crippen molar-refractivity contribution < 1.29 is 4.79 Å². The van der Waals surface area contributed by atoms with Gasteiger partial charge in [0.15, 0.2) is 5.11 Å². The van der Waals surface area contributed by atoms with Gasteiger partial charge in [-0.3, -0.25) is 10.1 Å². The average molecular weight is 384 g/mol. The van der Waals surface area contributed by atoms with Crippen LogP contribution in [-0.2, 0) is 0 Å². The van der Waals surface area contributed by atoms with Gasteiger partial charge >= 0.3 is 0 Å². The number of anilines is 1. The van der Waals surface area contributed by atoms with Crippen LogP contribution in [0.3, 0.4) is 0 Å². The zero-order valence-corrected chi connectivity index (χ0v) is 14.3. The van der Waals surface area contributed by atoms with E-state index in [-0.39, 0.29) is 11.0 Å². The molecule has 0 aliphatic heterocycles. The van der Waals surface area contributed by atoms with Crippen LogP contribution in [0.15, 0.2) is 46.9 Å². The Morgan fingerprint density at radius 1 is 1.24 bits per heavy atom. The molecule has 108 valence electrons. The zero-order chi connectivity index (χ0) is 15.4. The van der Waals surface area contributed by atoms with E-state index in [0.29, 0.717) is 10.6 Å². The van der Waals surface area contributed by atoms with E-state index in [1.807, 2.05) is 25.1 Å². The monoisotopic (exact) mass is 382 g/mol. The largest absolute Gasteiger partial charge is 0.332 e. The topological polar surface area (TPSA) is 41.1 Å². The standard InChI is InChI=1S/C15H12BrClN2OS/c1-9-7-12(5-6-13(9)16)18-15(21)19-14(20)10-3-2-4-11(17)8-10/h2-8H,1H3,(H2,18,19,20,21). The highest BCUT2D eigenvalue weighted by Crippen LogP contribution is 2.20. The van der Waals surface area contributed by atoms with Crippen LogP contribution in [0, 0.1) is 6.92 Å². The summed E-state index contributed by atoms with van der Waals surface area (Å²) in [7, 11) is 0. The molecule has 21 heavy (non-hydrogen) atoms. The number of rotatable bonds is 2. The van der Waals surface area contributed by atoms with E-state index in [2.05, 4.69) is 26.6 Å². The summed E-state index contributed by atoms with van der Waals surface area (Å²) >= 11 is 14.4. The maximum absolute atomic E-state index is 12.0. The summed E-state index contributed by atoms with van der Waals surface area (Å²) in [6, 6.07) is 12.4. The predicted molar refractivity (Wildman–Crippen MR) is 94.0 cm³/mol. The second-order valence-electron chi connectivity index (χ2n) is 4.38. The first-order valence-corrected chi connectivity index (χ1v) is 7.67. The fraction of sp³-hybridized carbons (Fsp3) is 0.0667.